The van der Waals surface area contributed by atoms with Crippen LogP contribution in [0.1, 0.15) is 31.8 Å². The molecule has 0 saturated carbocycles. The number of phenolic OH excluding ortho intramolecular Hbond substituents is 2. The van der Waals surface area contributed by atoms with Crippen LogP contribution in [-0.2, 0) is 10.1 Å². The van der Waals surface area contributed by atoms with Crippen LogP contribution >= 0.6 is 0 Å². The summed E-state index contributed by atoms with van der Waals surface area (Å²) >= 11 is 0. The molecule has 29 heavy (non-hydrogen) atoms. The normalized spacial score (nSPS) is 12.2. The number of fused-ring (bicyclic) bond motifs is 2. The van der Waals surface area contributed by atoms with Crippen molar-refractivity contribution in [1.29, 1.82) is 10.5 Å². The topological polar surface area (TPSA) is 204 Å². The van der Waals surface area contributed by atoms with Gasteiger partial charge in [0.05, 0.1) is 11.1 Å². The summed E-state index contributed by atoms with van der Waals surface area (Å²) in [5.74, 6) is -4.67. The predicted molar refractivity (Wildman–Crippen MR) is 93.3 cm³/mol. The van der Waals surface area contributed by atoms with Gasteiger partial charge in [0, 0.05) is 11.1 Å². The fourth-order valence-electron chi connectivity index (χ4n) is 2.83. The summed E-state index contributed by atoms with van der Waals surface area (Å²) in [5.41, 5.74) is -1.42. The van der Waals surface area contributed by atoms with Gasteiger partial charge in [-0.15, -0.1) is 0 Å². The molecule has 12 heteroatoms. The molecular formula is C17H7N4O7S-. The summed E-state index contributed by atoms with van der Waals surface area (Å²) in [5, 5.41) is 41.4. The van der Waals surface area contributed by atoms with Gasteiger partial charge in [-0.25, -0.2) is 8.42 Å². The molecule has 3 rings (SSSR count). The maximum Gasteiger partial charge on any atom is 0.237 e. The first-order valence-corrected chi connectivity index (χ1v) is 8.94. The maximum absolute atomic E-state index is 12.9. The second-order valence-corrected chi connectivity index (χ2v) is 6.92. The summed E-state index contributed by atoms with van der Waals surface area (Å²) in [6.07, 6.45) is 0. The first-order chi connectivity index (χ1) is 13.6. The zero-order valence-electron chi connectivity index (χ0n) is 14.0. The fraction of sp³-hybridized carbons (Fsp3) is 0. The second-order valence-electron chi connectivity index (χ2n) is 5.61. The van der Waals surface area contributed by atoms with Gasteiger partial charge in [0.1, 0.15) is 38.6 Å². The molecule has 0 saturated heterocycles. The van der Waals surface area contributed by atoms with Crippen molar-refractivity contribution in [3.8, 4) is 23.6 Å². The van der Waals surface area contributed by atoms with Crippen molar-refractivity contribution in [3.05, 3.63) is 46.5 Å². The number of phenols is 2. The van der Waals surface area contributed by atoms with E-state index < -0.39 is 60.6 Å². The van der Waals surface area contributed by atoms with Gasteiger partial charge < -0.3 is 14.8 Å². The Labute approximate surface area is 162 Å². The van der Waals surface area contributed by atoms with Crippen LogP contribution in [0.25, 0.3) is 0 Å². The number of hydrazone groups is 1. The summed E-state index contributed by atoms with van der Waals surface area (Å²) < 4.78 is 34.7. The summed E-state index contributed by atoms with van der Waals surface area (Å²) in [4.78, 5) is 24.2. The zero-order chi connectivity index (χ0) is 21.5. The Balaban J connectivity index is 2.45. The highest BCUT2D eigenvalue weighted by atomic mass is 32.2. The SMILES string of the molecule is N#CC(C#N)=NNc1c(O)c(S(=O)(=O)[O-])c(O)c2c1C(=O)c1ccccc1C2=O. The number of carbonyl (C=O) groups is 2. The van der Waals surface area contributed by atoms with E-state index in [4.69, 9.17) is 10.5 Å². The van der Waals surface area contributed by atoms with Crippen molar-refractivity contribution in [2.24, 2.45) is 5.10 Å². The van der Waals surface area contributed by atoms with Gasteiger partial charge in [0.25, 0.3) is 0 Å². The Hall–Kier alpha value is -4.26. The van der Waals surface area contributed by atoms with Crippen molar-refractivity contribution in [3.63, 3.8) is 0 Å². The zero-order valence-corrected chi connectivity index (χ0v) is 14.8. The van der Waals surface area contributed by atoms with E-state index in [1.807, 2.05) is 5.43 Å². The van der Waals surface area contributed by atoms with Crippen LogP contribution in [0.2, 0.25) is 0 Å². The van der Waals surface area contributed by atoms with Crippen LogP contribution < -0.4 is 5.43 Å². The highest BCUT2D eigenvalue weighted by Crippen LogP contribution is 2.47. The van der Waals surface area contributed by atoms with Gasteiger partial charge in [-0.05, 0) is 0 Å². The van der Waals surface area contributed by atoms with Crippen LogP contribution in [0.5, 0.6) is 11.5 Å². The Morgan fingerprint density at radius 2 is 1.52 bits per heavy atom. The van der Waals surface area contributed by atoms with E-state index in [1.54, 1.807) is 0 Å². The molecule has 0 fully saturated rings. The first-order valence-electron chi connectivity index (χ1n) is 7.53. The number of benzene rings is 2. The van der Waals surface area contributed by atoms with Gasteiger partial charge in [-0.2, -0.15) is 15.6 Å². The highest BCUT2D eigenvalue weighted by Gasteiger charge is 2.39. The standard InChI is InChI=1S/C17H8N4O7S/c18-5-7(6-19)20-21-12-10-11(15(24)17(16(12)25)29(26,27)28)14(23)9-4-2-1-3-8(9)13(10)22/h1-4,21,24-25H,(H,26,27,28)/p-1. The van der Waals surface area contributed by atoms with Crippen LogP contribution in [0, 0.1) is 22.7 Å². The molecular weight excluding hydrogens is 404 g/mol. The third kappa shape index (κ3) is 2.94. The van der Waals surface area contributed by atoms with Crippen LogP contribution in [0.3, 0.4) is 0 Å². The number of hydrogen-bond donors (Lipinski definition) is 3. The van der Waals surface area contributed by atoms with Crippen molar-refractivity contribution in [2.75, 3.05) is 5.43 Å². The van der Waals surface area contributed by atoms with Crippen molar-refractivity contribution < 1.29 is 32.8 Å². The predicted octanol–water partition coefficient (Wildman–Crippen LogP) is 0.592. The summed E-state index contributed by atoms with van der Waals surface area (Å²) in [6.45, 7) is 0. The number of nitrogens with one attached hydrogen (secondary N) is 1. The third-order valence-electron chi connectivity index (χ3n) is 4.02. The number of carbonyl (C=O) groups excluding carboxylic acids is 2. The molecule has 0 aliphatic heterocycles. The molecule has 0 heterocycles. The van der Waals surface area contributed by atoms with Gasteiger partial charge in [-0.3, -0.25) is 15.0 Å². The number of aromatic hydroxyl groups is 2. The molecule has 1 aliphatic rings. The number of ketones is 2. The molecule has 0 aromatic heterocycles. The monoisotopic (exact) mass is 411 g/mol. The second kappa shape index (κ2) is 6.72. The number of nitriles is 2. The van der Waals surface area contributed by atoms with E-state index in [2.05, 4.69) is 5.10 Å². The van der Waals surface area contributed by atoms with Crippen LogP contribution in [0.4, 0.5) is 5.69 Å². The molecule has 0 spiro atoms. The minimum Gasteiger partial charge on any atom is -0.744 e. The molecule has 2 aromatic carbocycles. The lowest BCUT2D eigenvalue weighted by Crippen LogP contribution is -2.23. The fourth-order valence-corrected chi connectivity index (χ4v) is 3.51. The Morgan fingerprint density at radius 1 is 1.00 bits per heavy atom. The largest absolute Gasteiger partial charge is 0.744 e. The Morgan fingerprint density at radius 3 is 2.00 bits per heavy atom. The minimum atomic E-state index is -5.52. The van der Waals surface area contributed by atoms with Crippen molar-refractivity contribution in [1.82, 2.24) is 0 Å². The number of anilines is 1. The smallest absolute Gasteiger partial charge is 0.237 e. The van der Waals surface area contributed by atoms with Gasteiger partial charge in [-0.1, -0.05) is 24.3 Å². The van der Waals surface area contributed by atoms with Gasteiger partial charge >= 0.3 is 0 Å². The molecule has 0 atom stereocenters. The quantitative estimate of drug-likeness (QED) is 0.180. The van der Waals surface area contributed by atoms with Crippen molar-refractivity contribution >= 4 is 33.1 Å². The van der Waals surface area contributed by atoms with E-state index in [0.717, 1.165) is 0 Å². The van der Waals surface area contributed by atoms with E-state index in [-0.39, 0.29) is 11.1 Å². The summed E-state index contributed by atoms with van der Waals surface area (Å²) in [6, 6.07) is 8.16. The molecule has 1 aliphatic carbocycles. The average molecular weight is 411 g/mol. The minimum absolute atomic E-state index is 0.116. The molecule has 0 unspecified atom stereocenters. The number of hydrogen-bond acceptors (Lipinski definition) is 11. The molecule has 0 radical (unpaired) electrons. The van der Waals surface area contributed by atoms with Crippen molar-refractivity contribution in [2.45, 2.75) is 4.90 Å². The molecule has 3 N–H and O–H groups in total. The lowest BCUT2D eigenvalue weighted by atomic mass is 9.82. The Kier molecular flexibility index (Phi) is 4.52. The van der Waals surface area contributed by atoms with E-state index in [9.17, 15) is 32.8 Å². The summed E-state index contributed by atoms with van der Waals surface area (Å²) in [7, 11) is -5.52. The lowest BCUT2D eigenvalue weighted by Gasteiger charge is -2.24. The Bertz CT molecular complexity index is 1320. The highest BCUT2D eigenvalue weighted by molar-refractivity contribution is 7.86. The van der Waals surface area contributed by atoms with Gasteiger partial charge in [0.2, 0.25) is 5.71 Å². The van der Waals surface area contributed by atoms with E-state index in [1.165, 1.54) is 36.4 Å². The molecule has 0 amide bonds. The maximum atomic E-state index is 12.9. The van der Waals surface area contributed by atoms with Gasteiger partial charge in [0.15, 0.2) is 17.3 Å². The van der Waals surface area contributed by atoms with E-state index in [0.29, 0.717) is 0 Å². The molecule has 2 aromatic rings. The van der Waals surface area contributed by atoms with E-state index >= 15 is 0 Å². The molecule has 0 bridgehead atoms. The first kappa shape index (κ1) is 19.5. The molecule has 11 nitrogen and oxygen atoms in total. The van der Waals surface area contributed by atoms with Crippen LogP contribution in [0.15, 0.2) is 34.3 Å². The number of nitrogens with zero attached hydrogens (tertiary/aromatic N) is 3. The number of rotatable bonds is 3. The third-order valence-corrected chi connectivity index (χ3v) is 4.90. The average Bonchev–Trinajstić information content (AvgIpc) is 2.67. The van der Waals surface area contributed by atoms with Crippen LogP contribution in [-0.4, -0.2) is 40.5 Å². The lowest BCUT2D eigenvalue weighted by molar-refractivity contribution is 0.0976. The molecule has 144 valence electrons.